The van der Waals surface area contributed by atoms with Crippen molar-refractivity contribution in [3.05, 3.63) is 53.3 Å². The van der Waals surface area contributed by atoms with Gasteiger partial charge in [0.1, 0.15) is 5.76 Å². The van der Waals surface area contributed by atoms with Crippen LogP contribution in [-0.2, 0) is 23.1 Å². The number of hydrogen-bond donors (Lipinski definition) is 2. The fourth-order valence-corrected chi connectivity index (χ4v) is 2.81. The molecular weight excluding hydrogens is 276 g/mol. The molecule has 20 heavy (non-hydrogen) atoms. The van der Waals surface area contributed by atoms with Gasteiger partial charge in [0.2, 0.25) is 5.09 Å². The van der Waals surface area contributed by atoms with E-state index < -0.39 is 10.0 Å². The molecule has 108 valence electrons. The Labute approximate surface area is 119 Å². The van der Waals surface area contributed by atoms with Crippen LogP contribution in [-0.4, -0.2) is 15.5 Å². The monoisotopic (exact) mass is 294 g/mol. The lowest BCUT2D eigenvalue weighted by Gasteiger charge is -2.05. The van der Waals surface area contributed by atoms with Crippen molar-refractivity contribution in [2.45, 2.75) is 25.1 Å². The van der Waals surface area contributed by atoms with Crippen LogP contribution in [0.15, 0.2) is 45.9 Å². The van der Waals surface area contributed by atoms with Crippen molar-refractivity contribution in [2.24, 2.45) is 0 Å². The molecule has 0 amide bonds. The van der Waals surface area contributed by atoms with Gasteiger partial charge < -0.3 is 9.73 Å². The van der Waals surface area contributed by atoms with Crippen LogP contribution in [0.3, 0.4) is 0 Å². The highest BCUT2D eigenvalue weighted by atomic mass is 32.2. The maximum Gasteiger partial charge on any atom is 0.274 e. The van der Waals surface area contributed by atoms with E-state index in [2.05, 4.69) is 10.0 Å². The van der Waals surface area contributed by atoms with Gasteiger partial charge in [-0.25, -0.2) is 13.1 Å². The van der Waals surface area contributed by atoms with Crippen molar-refractivity contribution >= 4 is 10.0 Å². The summed E-state index contributed by atoms with van der Waals surface area (Å²) in [5.41, 5.74) is 2.01. The summed E-state index contributed by atoms with van der Waals surface area (Å²) in [7, 11) is -1.84. The first-order valence-electron chi connectivity index (χ1n) is 6.30. The summed E-state index contributed by atoms with van der Waals surface area (Å²) in [6.07, 6.45) is 0. The lowest BCUT2D eigenvalue weighted by molar-refractivity contribution is 0.404. The summed E-state index contributed by atoms with van der Waals surface area (Å²) < 4.78 is 32.0. The largest absolute Gasteiger partial charge is 0.447 e. The van der Waals surface area contributed by atoms with Crippen molar-refractivity contribution < 1.29 is 12.8 Å². The standard InChI is InChI=1S/C14H18N2O3S/c1-11-4-3-5-12(8-11)9-16-20(17,18)14-7-6-13(19-14)10-15-2/h3-8,15-16H,9-10H2,1-2H3. The van der Waals surface area contributed by atoms with Crippen LogP contribution >= 0.6 is 0 Å². The summed E-state index contributed by atoms with van der Waals surface area (Å²) in [4.78, 5) is 0. The molecule has 0 atom stereocenters. The molecule has 0 saturated carbocycles. The summed E-state index contributed by atoms with van der Waals surface area (Å²) >= 11 is 0. The fourth-order valence-electron chi connectivity index (χ4n) is 1.84. The number of sulfonamides is 1. The minimum Gasteiger partial charge on any atom is -0.447 e. The third kappa shape index (κ3) is 3.69. The molecule has 2 aromatic rings. The SMILES string of the molecule is CNCc1ccc(S(=O)(=O)NCc2cccc(C)c2)o1. The molecule has 6 heteroatoms. The third-order valence-electron chi connectivity index (χ3n) is 2.80. The van der Waals surface area contributed by atoms with Crippen LogP contribution in [0.4, 0.5) is 0 Å². The Morgan fingerprint density at radius 1 is 1.15 bits per heavy atom. The summed E-state index contributed by atoms with van der Waals surface area (Å²) in [5, 5.41) is 2.84. The van der Waals surface area contributed by atoms with Crippen LogP contribution in [0.2, 0.25) is 0 Å². The Hall–Kier alpha value is -1.63. The van der Waals surface area contributed by atoms with E-state index in [1.165, 1.54) is 6.07 Å². The second-order valence-corrected chi connectivity index (χ2v) is 6.26. The zero-order valence-electron chi connectivity index (χ0n) is 11.5. The van der Waals surface area contributed by atoms with Gasteiger partial charge in [0.05, 0.1) is 6.54 Å². The van der Waals surface area contributed by atoms with E-state index in [0.29, 0.717) is 12.3 Å². The Kier molecular flexibility index (Phi) is 4.59. The highest BCUT2D eigenvalue weighted by Gasteiger charge is 2.18. The van der Waals surface area contributed by atoms with Crippen LogP contribution in [0.5, 0.6) is 0 Å². The lowest BCUT2D eigenvalue weighted by atomic mass is 10.1. The predicted octanol–water partition coefficient (Wildman–Crippen LogP) is 1.79. The average Bonchev–Trinajstić information content (AvgIpc) is 2.87. The molecular formula is C14H18N2O3S. The molecule has 0 radical (unpaired) electrons. The lowest BCUT2D eigenvalue weighted by Crippen LogP contribution is -2.22. The van der Waals surface area contributed by atoms with E-state index in [9.17, 15) is 8.42 Å². The van der Waals surface area contributed by atoms with E-state index in [4.69, 9.17) is 4.42 Å². The van der Waals surface area contributed by atoms with Crippen molar-refractivity contribution in [1.82, 2.24) is 10.0 Å². The molecule has 0 aliphatic rings. The smallest absolute Gasteiger partial charge is 0.274 e. The van der Waals surface area contributed by atoms with Gasteiger partial charge in [-0.3, -0.25) is 0 Å². The van der Waals surface area contributed by atoms with Gasteiger partial charge in [0.25, 0.3) is 10.0 Å². The second-order valence-electron chi connectivity index (χ2n) is 4.56. The van der Waals surface area contributed by atoms with E-state index >= 15 is 0 Å². The van der Waals surface area contributed by atoms with Crippen LogP contribution in [0.25, 0.3) is 0 Å². The Morgan fingerprint density at radius 2 is 1.95 bits per heavy atom. The number of rotatable bonds is 6. The van der Waals surface area contributed by atoms with Gasteiger partial charge >= 0.3 is 0 Å². The number of nitrogens with one attached hydrogen (secondary N) is 2. The third-order valence-corrected chi connectivity index (χ3v) is 4.08. The molecule has 0 fully saturated rings. The zero-order valence-corrected chi connectivity index (χ0v) is 12.3. The molecule has 0 unspecified atom stereocenters. The van der Waals surface area contributed by atoms with Gasteiger partial charge in [0.15, 0.2) is 0 Å². The first-order chi connectivity index (χ1) is 9.51. The zero-order chi connectivity index (χ0) is 14.6. The van der Waals surface area contributed by atoms with Crippen LogP contribution in [0, 0.1) is 6.92 Å². The van der Waals surface area contributed by atoms with Crippen LogP contribution in [0.1, 0.15) is 16.9 Å². The second kappa shape index (κ2) is 6.21. The van der Waals surface area contributed by atoms with Gasteiger partial charge in [-0.15, -0.1) is 0 Å². The predicted molar refractivity (Wildman–Crippen MR) is 76.7 cm³/mol. The quantitative estimate of drug-likeness (QED) is 0.852. The molecule has 1 aromatic carbocycles. The molecule has 2 rings (SSSR count). The molecule has 0 bridgehead atoms. The van der Waals surface area contributed by atoms with E-state index in [1.54, 1.807) is 13.1 Å². The summed E-state index contributed by atoms with van der Waals surface area (Å²) in [6.45, 7) is 2.70. The van der Waals surface area contributed by atoms with Crippen LogP contribution < -0.4 is 10.0 Å². The van der Waals surface area contributed by atoms with E-state index in [0.717, 1.165) is 11.1 Å². The van der Waals surface area contributed by atoms with Crippen molar-refractivity contribution in [1.29, 1.82) is 0 Å². The summed E-state index contributed by atoms with van der Waals surface area (Å²) in [6, 6.07) is 10.8. The van der Waals surface area contributed by atoms with Crippen molar-refractivity contribution in [3.63, 3.8) is 0 Å². The summed E-state index contributed by atoms with van der Waals surface area (Å²) in [5.74, 6) is 0.587. The van der Waals surface area contributed by atoms with Gasteiger partial charge in [-0.2, -0.15) is 0 Å². The number of hydrogen-bond acceptors (Lipinski definition) is 4. The topological polar surface area (TPSA) is 71.3 Å². The molecule has 0 saturated heterocycles. The van der Waals surface area contributed by atoms with Crippen molar-refractivity contribution in [2.75, 3.05) is 7.05 Å². The molecule has 1 aromatic heterocycles. The van der Waals surface area contributed by atoms with E-state index in [-0.39, 0.29) is 11.6 Å². The van der Waals surface area contributed by atoms with Gasteiger partial charge in [0, 0.05) is 6.54 Å². The van der Waals surface area contributed by atoms with E-state index in [1.807, 2.05) is 31.2 Å². The Bertz CT molecular complexity index is 677. The number of aryl methyl sites for hydroxylation is 1. The fraction of sp³-hybridized carbons (Fsp3) is 0.286. The minimum absolute atomic E-state index is 0.0598. The number of furan rings is 1. The molecule has 0 aliphatic carbocycles. The maximum absolute atomic E-state index is 12.1. The first-order valence-corrected chi connectivity index (χ1v) is 7.78. The number of benzene rings is 1. The van der Waals surface area contributed by atoms with Gasteiger partial charge in [-0.05, 0) is 31.7 Å². The first kappa shape index (κ1) is 14.8. The highest BCUT2D eigenvalue weighted by molar-refractivity contribution is 7.89. The Morgan fingerprint density at radius 3 is 2.65 bits per heavy atom. The average molecular weight is 294 g/mol. The molecule has 5 nitrogen and oxygen atoms in total. The van der Waals surface area contributed by atoms with Crippen molar-refractivity contribution in [3.8, 4) is 0 Å². The van der Waals surface area contributed by atoms with Gasteiger partial charge in [-0.1, -0.05) is 29.8 Å². The maximum atomic E-state index is 12.1. The minimum atomic E-state index is -3.61. The molecule has 2 N–H and O–H groups in total. The highest BCUT2D eigenvalue weighted by Crippen LogP contribution is 2.14. The molecule has 0 spiro atoms. The normalized spacial score (nSPS) is 11.7. The molecule has 1 heterocycles. The molecule has 0 aliphatic heterocycles. The Balaban J connectivity index is 2.06.